The lowest BCUT2D eigenvalue weighted by Crippen LogP contribution is -1.96. The molecule has 0 spiro atoms. The first kappa shape index (κ1) is 18.2. The second kappa shape index (κ2) is 8.21. The fourth-order valence-corrected chi connectivity index (χ4v) is 3.33. The van der Waals surface area contributed by atoms with Crippen molar-refractivity contribution in [1.29, 1.82) is 0 Å². The summed E-state index contributed by atoms with van der Waals surface area (Å²) in [7, 11) is 1.52. The van der Waals surface area contributed by atoms with Crippen LogP contribution in [-0.2, 0) is 0 Å². The summed E-state index contributed by atoms with van der Waals surface area (Å²) in [6.45, 7) is 3.48. The summed E-state index contributed by atoms with van der Waals surface area (Å²) >= 11 is 7.15. The topological polar surface area (TPSA) is 46.5 Å². The van der Waals surface area contributed by atoms with Gasteiger partial charge >= 0.3 is 0 Å². The zero-order valence-electron chi connectivity index (χ0n) is 13.9. The fourth-order valence-electron chi connectivity index (χ4n) is 2.32. The molecule has 0 bridgehead atoms. The van der Waals surface area contributed by atoms with Crippen molar-refractivity contribution < 1.29 is 9.13 Å². The molecule has 0 fully saturated rings. The number of nitrogens with one attached hydrogen (secondary N) is 1. The van der Waals surface area contributed by atoms with E-state index < -0.39 is 0 Å². The Kier molecular flexibility index (Phi) is 5.75. The van der Waals surface area contributed by atoms with Crippen molar-refractivity contribution in [2.75, 3.05) is 11.8 Å². The molecule has 0 unspecified atom stereocenters. The Morgan fingerprint density at radius 2 is 2.00 bits per heavy atom. The summed E-state index contributed by atoms with van der Waals surface area (Å²) in [5, 5.41) is 0.472. The van der Waals surface area contributed by atoms with Gasteiger partial charge in [0, 0.05) is 11.8 Å². The number of hydrogen-bond donors (Lipinski definition) is 1. The summed E-state index contributed by atoms with van der Waals surface area (Å²) in [6.07, 6.45) is 1.49. The average molecular weight is 388 g/mol. The number of rotatable bonds is 6. The summed E-state index contributed by atoms with van der Waals surface area (Å²) < 4.78 is 23.1. The third-order valence-electron chi connectivity index (χ3n) is 3.61. The van der Waals surface area contributed by atoms with E-state index in [9.17, 15) is 4.39 Å². The first-order chi connectivity index (χ1) is 12.6. The van der Waals surface area contributed by atoms with Gasteiger partial charge in [-0.05, 0) is 48.5 Å². The highest BCUT2D eigenvalue weighted by Crippen LogP contribution is 2.34. The highest BCUT2D eigenvalue weighted by Gasteiger charge is 2.12. The molecule has 2 aromatic carbocycles. The third kappa shape index (κ3) is 3.98. The van der Waals surface area contributed by atoms with E-state index in [2.05, 4.69) is 21.4 Å². The fraction of sp³-hybridized carbons (Fsp3) is 0.0526. The monoisotopic (exact) mass is 387 g/mol. The summed E-state index contributed by atoms with van der Waals surface area (Å²) in [4.78, 5) is 8.59. The second-order valence-corrected chi connectivity index (χ2v) is 6.52. The second-order valence-electron chi connectivity index (χ2n) is 5.24. The average Bonchev–Trinajstić information content (AvgIpc) is 2.67. The lowest BCUT2D eigenvalue weighted by atomic mass is 10.0. The van der Waals surface area contributed by atoms with Gasteiger partial charge in [-0.2, -0.15) is 0 Å². The van der Waals surface area contributed by atoms with Crippen LogP contribution in [0.1, 0.15) is 0 Å². The summed E-state index contributed by atoms with van der Waals surface area (Å²) in [5.74, 6) is 0.0595. The van der Waals surface area contributed by atoms with E-state index in [0.29, 0.717) is 27.0 Å². The van der Waals surface area contributed by atoms with E-state index in [0.717, 1.165) is 11.3 Å². The standard InChI is InChI=1S/C19H15ClFN3OS/c1-22-14-8-6-12(7-9-14)15-4-3-5-16(18(15)21)24-26-17-10-13(20)11-23-19(17)25-2/h3-11,24H,1H2,2H3. The smallest absolute Gasteiger partial charge is 0.228 e. The molecule has 3 aromatic rings. The van der Waals surface area contributed by atoms with Crippen molar-refractivity contribution in [2.24, 2.45) is 4.99 Å². The molecule has 4 nitrogen and oxygen atoms in total. The van der Waals surface area contributed by atoms with E-state index in [1.807, 2.05) is 12.1 Å². The van der Waals surface area contributed by atoms with Gasteiger partial charge in [-0.15, -0.1) is 0 Å². The van der Waals surface area contributed by atoms with Crippen LogP contribution in [-0.4, -0.2) is 18.8 Å². The van der Waals surface area contributed by atoms with Gasteiger partial charge in [0.2, 0.25) is 5.88 Å². The van der Waals surface area contributed by atoms with Crippen LogP contribution in [0.2, 0.25) is 5.02 Å². The SMILES string of the molecule is C=Nc1ccc(-c2cccc(NSc3cc(Cl)cnc3OC)c2F)cc1. The molecule has 0 atom stereocenters. The van der Waals surface area contributed by atoms with Gasteiger partial charge in [0.05, 0.1) is 28.4 Å². The maximum Gasteiger partial charge on any atom is 0.228 e. The minimum atomic E-state index is -0.353. The molecule has 1 N–H and O–H groups in total. The number of pyridine rings is 1. The first-order valence-corrected chi connectivity index (χ1v) is 8.80. The molecule has 0 radical (unpaired) electrons. The van der Waals surface area contributed by atoms with Crippen molar-refractivity contribution in [1.82, 2.24) is 4.98 Å². The zero-order chi connectivity index (χ0) is 18.5. The molecule has 7 heteroatoms. The minimum Gasteiger partial charge on any atom is -0.480 e. The van der Waals surface area contributed by atoms with Gasteiger partial charge in [-0.25, -0.2) is 9.37 Å². The number of anilines is 1. The Balaban J connectivity index is 1.85. The molecule has 0 aliphatic carbocycles. The number of methoxy groups -OCH3 is 1. The van der Waals surface area contributed by atoms with E-state index >= 15 is 0 Å². The highest BCUT2D eigenvalue weighted by atomic mass is 35.5. The largest absolute Gasteiger partial charge is 0.480 e. The Morgan fingerprint density at radius 1 is 1.23 bits per heavy atom. The van der Waals surface area contributed by atoms with Crippen LogP contribution >= 0.6 is 23.5 Å². The van der Waals surface area contributed by atoms with E-state index in [1.54, 1.807) is 36.4 Å². The van der Waals surface area contributed by atoms with Gasteiger partial charge in [0.15, 0.2) is 5.82 Å². The number of halogens is 2. The van der Waals surface area contributed by atoms with Crippen LogP contribution in [0.25, 0.3) is 11.1 Å². The lowest BCUT2D eigenvalue weighted by Gasteiger charge is -2.12. The van der Waals surface area contributed by atoms with Crippen molar-refractivity contribution in [3.05, 3.63) is 65.6 Å². The molecule has 26 heavy (non-hydrogen) atoms. The predicted molar refractivity (Wildman–Crippen MR) is 106 cm³/mol. The molecule has 132 valence electrons. The molecule has 3 rings (SSSR count). The number of benzene rings is 2. The van der Waals surface area contributed by atoms with E-state index in [1.165, 1.54) is 25.3 Å². The van der Waals surface area contributed by atoms with Crippen LogP contribution < -0.4 is 9.46 Å². The molecule has 1 heterocycles. The van der Waals surface area contributed by atoms with Crippen LogP contribution in [0, 0.1) is 5.82 Å². The molecule has 0 amide bonds. The van der Waals surface area contributed by atoms with Crippen molar-refractivity contribution >= 4 is 41.6 Å². The van der Waals surface area contributed by atoms with Gasteiger partial charge in [-0.1, -0.05) is 35.9 Å². The zero-order valence-corrected chi connectivity index (χ0v) is 15.4. The highest BCUT2D eigenvalue weighted by molar-refractivity contribution is 8.00. The molecular weight excluding hydrogens is 373 g/mol. The molecular formula is C19H15ClFN3OS. The van der Waals surface area contributed by atoms with Gasteiger partial charge < -0.3 is 9.46 Å². The summed E-state index contributed by atoms with van der Waals surface area (Å²) in [6, 6.07) is 14.1. The molecule has 0 aliphatic heterocycles. The van der Waals surface area contributed by atoms with Crippen molar-refractivity contribution in [2.45, 2.75) is 4.90 Å². The van der Waals surface area contributed by atoms with Crippen molar-refractivity contribution in [3.63, 3.8) is 0 Å². The lowest BCUT2D eigenvalue weighted by molar-refractivity contribution is 0.387. The van der Waals surface area contributed by atoms with Crippen LogP contribution in [0.5, 0.6) is 5.88 Å². The number of ether oxygens (including phenoxy) is 1. The van der Waals surface area contributed by atoms with Crippen LogP contribution in [0.3, 0.4) is 0 Å². The number of aliphatic imine (C=N–C) groups is 1. The number of hydrogen-bond acceptors (Lipinski definition) is 5. The number of aromatic nitrogens is 1. The normalized spacial score (nSPS) is 10.4. The van der Waals surface area contributed by atoms with Gasteiger partial charge in [0.25, 0.3) is 0 Å². The van der Waals surface area contributed by atoms with Crippen LogP contribution in [0.4, 0.5) is 15.8 Å². The maximum atomic E-state index is 14.9. The quantitative estimate of drug-likeness (QED) is 0.416. The Labute approximate surface area is 160 Å². The number of nitrogens with zero attached hydrogens (tertiary/aromatic N) is 2. The molecule has 0 saturated carbocycles. The van der Waals surface area contributed by atoms with Gasteiger partial charge in [0.1, 0.15) is 0 Å². The van der Waals surface area contributed by atoms with E-state index in [-0.39, 0.29) is 5.82 Å². The third-order valence-corrected chi connectivity index (χ3v) is 4.65. The van der Waals surface area contributed by atoms with Gasteiger partial charge in [-0.3, -0.25) is 4.99 Å². The Bertz CT molecular complexity index is 935. The molecule has 0 aliphatic rings. The molecule has 0 saturated heterocycles. The Hall–Kier alpha value is -2.57. The molecule has 1 aromatic heterocycles. The predicted octanol–water partition coefficient (Wildman–Crippen LogP) is 6.00. The summed E-state index contributed by atoms with van der Waals surface area (Å²) in [5.41, 5.74) is 2.33. The first-order valence-electron chi connectivity index (χ1n) is 7.60. The minimum absolute atomic E-state index is 0.348. The van der Waals surface area contributed by atoms with Crippen LogP contribution in [0.15, 0.2) is 64.6 Å². The Morgan fingerprint density at radius 3 is 2.69 bits per heavy atom. The van der Waals surface area contributed by atoms with Crippen molar-refractivity contribution in [3.8, 4) is 17.0 Å². The van der Waals surface area contributed by atoms with E-state index in [4.69, 9.17) is 16.3 Å². The maximum absolute atomic E-state index is 14.9.